The Morgan fingerprint density at radius 1 is 1.00 bits per heavy atom. The van der Waals surface area contributed by atoms with E-state index >= 15 is 0 Å². The Bertz CT molecular complexity index is 1120. The third-order valence-electron chi connectivity index (χ3n) is 5.50. The molecule has 3 aromatic rings. The molecule has 0 spiro atoms. The van der Waals surface area contributed by atoms with Gasteiger partial charge >= 0.3 is 0 Å². The zero-order valence-corrected chi connectivity index (χ0v) is 20.1. The summed E-state index contributed by atoms with van der Waals surface area (Å²) in [6.45, 7) is 2.23. The summed E-state index contributed by atoms with van der Waals surface area (Å²) in [5, 5.41) is 9.92. The number of rotatable bonds is 9. The van der Waals surface area contributed by atoms with Crippen molar-refractivity contribution < 1.29 is 4.79 Å². The highest BCUT2D eigenvalue weighted by atomic mass is 35.5. The molecule has 0 amide bonds. The van der Waals surface area contributed by atoms with Gasteiger partial charge in [-0.2, -0.15) is 0 Å². The second kappa shape index (κ2) is 9.71. The highest BCUT2D eigenvalue weighted by Crippen LogP contribution is 2.31. The molecule has 1 aliphatic carbocycles. The minimum Gasteiger partial charge on any atom is -0.302 e. The van der Waals surface area contributed by atoms with Crippen molar-refractivity contribution >= 4 is 29.0 Å². The zero-order valence-electron chi connectivity index (χ0n) is 18.6. The highest BCUT2D eigenvalue weighted by molar-refractivity contribution is 6.35. The van der Waals surface area contributed by atoms with E-state index in [4.69, 9.17) is 23.2 Å². The van der Waals surface area contributed by atoms with Crippen LogP contribution >= 0.6 is 23.2 Å². The monoisotopic (exact) mass is 471 g/mol. The van der Waals surface area contributed by atoms with Gasteiger partial charge in [0.15, 0.2) is 17.4 Å². The van der Waals surface area contributed by atoms with Crippen LogP contribution in [0.3, 0.4) is 0 Å². The number of ketones is 1. The van der Waals surface area contributed by atoms with Crippen LogP contribution < -0.4 is 0 Å². The maximum Gasteiger partial charge on any atom is 0.196 e. The van der Waals surface area contributed by atoms with Gasteiger partial charge in [0.25, 0.3) is 0 Å². The fraction of sp³-hybridized carbons (Fsp3) is 0.375. The smallest absolute Gasteiger partial charge is 0.196 e. The predicted octanol–water partition coefficient (Wildman–Crippen LogP) is 4.71. The number of aromatic nitrogens is 3. The summed E-state index contributed by atoms with van der Waals surface area (Å²) < 4.78 is 1.97. The minimum atomic E-state index is -0.163. The Morgan fingerprint density at radius 3 is 2.34 bits per heavy atom. The highest BCUT2D eigenvalue weighted by Gasteiger charge is 2.26. The van der Waals surface area contributed by atoms with Crippen molar-refractivity contribution in [1.29, 1.82) is 0 Å². The second-order valence-corrected chi connectivity index (χ2v) is 9.56. The van der Waals surface area contributed by atoms with Crippen LogP contribution in [-0.2, 0) is 13.1 Å². The van der Waals surface area contributed by atoms with Gasteiger partial charge in [-0.25, -0.2) is 0 Å². The third-order valence-corrected chi connectivity index (χ3v) is 6.06. The van der Waals surface area contributed by atoms with E-state index in [9.17, 15) is 4.79 Å². The molecule has 1 saturated carbocycles. The van der Waals surface area contributed by atoms with Crippen LogP contribution in [0.15, 0.2) is 42.5 Å². The molecule has 0 saturated heterocycles. The number of benzene rings is 2. The lowest BCUT2D eigenvalue weighted by Gasteiger charge is -2.20. The summed E-state index contributed by atoms with van der Waals surface area (Å²) in [6, 6.07) is 12.4. The first-order valence-corrected chi connectivity index (χ1v) is 11.4. The van der Waals surface area contributed by atoms with Crippen LogP contribution in [-0.4, -0.2) is 58.0 Å². The Hall–Kier alpha value is -2.25. The van der Waals surface area contributed by atoms with Crippen molar-refractivity contribution in [2.45, 2.75) is 25.9 Å². The van der Waals surface area contributed by atoms with E-state index < -0.39 is 0 Å². The van der Waals surface area contributed by atoms with Gasteiger partial charge in [-0.1, -0.05) is 35.3 Å². The minimum absolute atomic E-state index is 0.163. The molecule has 4 rings (SSSR count). The van der Waals surface area contributed by atoms with Gasteiger partial charge < -0.3 is 4.90 Å². The van der Waals surface area contributed by atoms with Crippen LogP contribution in [0, 0.1) is 5.92 Å². The average Bonchev–Trinajstić information content (AvgIpc) is 3.47. The molecule has 1 heterocycles. The quantitative estimate of drug-likeness (QED) is 0.423. The summed E-state index contributed by atoms with van der Waals surface area (Å²) in [6.07, 6.45) is 2.57. The number of hydrogen-bond acceptors (Lipinski definition) is 5. The Kier molecular flexibility index (Phi) is 6.96. The van der Waals surface area contributed by atoms with Gasteiger partial charge in [-0.15, -0.1) is 10.2 Å². The van der Waals surface area contributed by atoms with Crippen molar-refractivity contribution in [2.24, 2.45) is 5.92 Å². The number of carbonyl (C=O) groups is 1. The van der Waals surface area contributed by atoms with Gasteiger partial charge in [0.05, 0.1) is 23.8 Å². The molecule has 1 aliphatic rings. The molecule has 1 aromatic heterocycles. The van der Waals surface area contributed by atoms with Gasteiger partial charge in [-0.05, 0) is 70.2 Å². The molecular formula is C24H27Cl2N5O. The van der Waals surface area contributed by atoms with Crippen LogP contribution in [0.4, 0.5) is 0 Å². The molecule has 0 unspecified atom stereocenters. The SMILES string of the molecule is CN(C)Cc1nnc(CN(C)CC2CC2)n1-c1cc(Cl)ccc1C(=O)c1ccccc1Cl. The summed E-state index contributed by atoms with van der Waals surface area (Å²) in [4.78, 5) is 17.8. The molecule has 32 heavy (non-hydrogen) atoms. The second-order valence-electron chi connectivity index (χ2n) is 8.72. The molecule has 168 valence electrons. The van der Waals surface area contributed by atoms with E-state index in [-0.39, 0.29) is 5.78 Å². The van der Waals surface area contributed by atoms with E-state index in [0.717, 1.165) is 24.1 Å². The molecule has 0 radical (unpaired) electrons. The lowest BCUT2D eigenvalue weighted by molar-refractivity contribution is 0.103. The van der Waals surface area contributed by atoms with Crippen molar-refractivity contribution in [1.82, 2.24) is 24.6 Å². The van der Waals surface area contributed by atoms with E-state index in [1.807, 2.05) is 35.7 Å². The maximum absolute atomic E-state index is 13.5. The summed E-state index contributed by atoms with van der Waals surface area (Å²) in [5.41, 5.74) is 1.62. The first kappa shape index (κ1) is 22.9. The molecule has 0 N–H and O–H groups in total. The normalized spacial score (nSPS) is 13.8. The van der Waals surface area contributed by atoms with Crippen molar-refractivity contribution in [2.75, 3.05) is 27.7 Å². The molecule has 0 bridgehead atoms. The van der Waals surface area contributed by atoms with Crippen LogP contribution in [0.5, 0.6) is 0 Å². The molecule has 0 aliphatic heterocycles. The third kappa shape index (κ3) is 5.21. The fourth-order valence-electron chi connectivity index (χ4n) is 3.84. The van der Waals surface area contributed by atoms with E-state index in [1.165, 1.54) is 12.8 Å². The van der Waals surface area contributed by atoms with Crippen LogP contribution in [0.25, 0.3) is 5.69 Å². The summed E-state index contributed by atoms with van der Waals surface area (Å²) in [7, 11) is 6.05. The van der Waals surface area contributed by atoms with E-state index in [2.05, 4.69) is 22.1 Å². The molecule has 1 fully saturated rings. The first-order valence-electron chi connectivity index (χ1n) is 10.7. The summed E-state index contributed by atoms with van der Waals surface area (Å²) in [5.74, 6) is 2.13. The molecule has 0 atom stereocenters. The van der Waals surface area contributed by atoms with Crippen molar-refractivity contribution in [3.8, 4) is 5.69 Å². The largest absolute Gasteiger partial charge is 0.302 e. The number of hydrogen-bond donors (Lipinski definition) is 0. The van der Waals surface area contributed by atoms with Gasteiger partial charge in [0.2, 0.25) is 0 Å². The molecule has 8 heteroatoms. The molecule has 2 aromatic carbocycles. The first-order chi connectivity index (χ1) is 15.3. The Labute approximate surface area is 198 Å². The Morgan fingerprint density at radius 2 is 1.69 bits per heavy atom. The van der Waals surface area contributed by atoms with Crippen molar-refractivity contribution in [3.63, 3.8) is 0 Å². The lowest BCUT2D eigenvalue weighted by Crippen LogP contribution is -2.24. The number of halogens is 2. The molecule has 6 nitrogen and oxygen atoms in total. The number of nitrogens with zero attached hydrogens (tertiary/aromatic N) is 5. The van der Waals surface area contributed by atoms with E-state index in [1.54, 1.807) is 30.3 Å². The van der Waals surface area contributed by atoms with Gasteiger partial charge in [-0.3, -0.25) is 14.3 Å². The fourth-order valence-corrected chi connectivity index (χ4v) is 4.23. The lowest BCUT2D eigenvalue weighted by atomic mass is 10.0. The van der Waals surface area contributed by atoms with Gasteiger partial charge in [0, 0.05) is 22.7 Å². The number of carbonyl (C=O) groups excluding carboxylic acids is 1. The zero-order chi connectivity index (χ0) is 22.8. The van der Waals surface area contributed by atoms with E-state index in [0.29, 0.717) is 39.9 Å². The maximum atomic E-state index is 13.5. The van der Waals surface area contributed by atoms with Gasteiger partial charge in [0.1, 0.15) is 0 Å². The van der Waals surface area contributed by atoms with Crippen LogP contribution in [0.1, 0.15) is 40.4 Å². The topological polar surface area (TPSA) is 54.3 Å². The predicted molar refractivity (Wildman–Crippen MR) is 128 cm³/mol. The summed E-state index contributed by atoms with van der Waals surface area (Å²) >= 11 is 12.7. The van der Waals surface area contributed by atoms with Crippen molar-refractivity contribution in [3.05, 3.63) is 75.3 Å². The Balaban J connectivity index is 1.81. The average molecular weight is 472 g/mol. The standard InChI is InChI=1S/C24H27Cl2N5O/c1-29(2)14-22-27-28-23(15-30(3)13-16-8-9-16)31(22)21-12-17(25)10-11-19(21)24(32)18-6-4-5-7-20(18)26/h4-7,10-12,16H,8-9,13-15H2,1-3H3. The molecular weight excluding hydrogens is 445 g/mol. The van der Waals surface area contributed by atoms with Crippen LogP contribution in [0.2, 0.25) is 10.0 Å².